The van der Waals surface area contributed by atoms with Crippen molar-refractivity contribution in [2.45, 2.75) is 30.4 Å². The number of nitrogens with two attached hydrogens (primary N) is 1. The quantitative estimate of drug-likeness (QED) is 0.509. The lowest BCUT2D eigenvalue weighted by molar-refractivity contribution is 0.133. The van der Waals surface area contributed by atoms with Gasteiger partial charge in [-0.15, -0.1) is 0 Å². The van der Waals surface area contributed by atoms with Gasteiger partial charge in [0.1, 0.15) is 33.9 Å². The van der Waals surface area contributed by atoms with Gasteiger partial charge in [0.15, 0.2) is 9.84 Å². The Labute approximate surface area is 205 Å². The topological polar surface area (TPSA) is 106 Å². The predicted molar refractivity (Wildman–Crippen MR) is 134 cm³/mol. The molecule has 0 saturated carbocycles. The molecule has 9 nitrogen and oxygen atoms in total. The molecule has 4 heterocycles. The van der Waals surface area contributed by atoms with Gasteiger partial charge < -0.3 is 15.4 Å². The van der Waals surface area contributed by atoms with E-state index >= 15 is 0 Å². The van der Waals surface area contributed by atoms with Crippen molar-refractivity contribution >= 4 is 32.9 Å². The van der Waals surface area contributed by atoms with Gasteiger partial charge in [-0.1, -0.05) is 11.6 Å². The average molecular weight is 507 g/mol. The first-order valence-corrected chi connectivity index (χ1v) is 13.0. The summed E-state index contributed by atoms with van der Waals surface area (Å²) in [6, 6.07) is 5.02. The molecule has 1 fully saturated rings. The van der Waals surface area contributed by atoms with Crippen molar-refractivity contribution in [1.29, 1.82) is 0 Å². The maximum atomic E-state index is 13.5. The van der Waals surface area contributed by atoms with Gasteiger partial charge in [-0.25, -0.2) is 18.4 Å². The molecule has 0 atom stereocenters. The number of rotatable bonds is 6. The highest BCUT2D eigenvalue weighted by atomic mass is 35.5. The molecule has 1 aliphatic rings. The van der Waals surface area contributed by atoms with Crippen LogP contribution in [0.5, 0.6) is 5.75 Å². The molecule has 34 heavy (non-hydrogen) atoms. The zero-order chi connectivity index (χ0) is 24.7. The molecule has 0 unspecified atom stereocenters. The van der Waals surface area contributed by atoms with Crippen molar-refractivity contribution in [2.75, 3.05) is 52.1 Å². The first-order valence-electron chi connectivity index (χ1n) is 11.2. The maximum absolute atomic E-state index is 13.5. The van der Waals surface area contributed by atoms with Gasteiger partial charge in [0.2, 0.25) is 0 Å². The predicted octanol–water partition coefficient (Wildman–Crippen LogP) is 2.83. The number of ether oxygens (including phenoxy) is 1. The Kier molecular flexibility index (Phi) is 6.78. The molecule has 3 aromatic rings. The summed E-state index contributed by atoms with van der Waals surface area (Å²) >= 11 is 6.09. The SMILES string of the molecule is CN1CCN(CCOc2cc3ncc(-c4cc(N)nc(Cl)c4)n3cc2S(=O)(=O)C(C)(C)C)CC1. The zero-order valence-corrected chi connectivity index (χ0v) is 21.5. The van der Waals surface area contributed by atoms with E-state index in [9.17, 15) is 8.42 Å². The number of piperazine rings is 1. The highest BCUT2D eigenvalue weighted by molar-refractivity contribution is 7.92. The van der Waals surface area contributed by atoms with E-state index in [4.69, 9.17) is 22.1 Å². The van der Waals surface area contributed by atoms with Crippen molar-refractivity contribution < 1.29 is 13.2 Å². The van der Waals surface area contributed by atoms with Crippen LogP contribution in [0.25, 0.3) is 16.9 Å². The fraction of sp³-hybridized carbons (Fsp3) is 0.478. The minimum atomic E-state index is -3.71. The van der Waals surface area contributed by atoms with Crippen LogP contribution < -0.4 is 10.5 Å². The minimum absolute atomic E-state index is 0.123. The van der Waals surface area contributed by atoms with Crippen LogP contribution in [0.2, 0.25) is 5.15 Å². The van der Waals surface area contributed by atoms with Crippen LogP contribution in [-0.2, 0) is 9.84 Å². The number of hydrogen-bond donors (Lipinski definition) is 1. The van der Waals surface area contributed by atoms with E-state index in [0.29, 0.717) is 29.3 Å². The van der Waals surface area contributed by atoms with Gasteiger partial charge in [-0.3, -0.25) is 9.30 Å². The molecular weight excluding hydrogens is 476 g/mol. The van der Waals surface area contributed by atoms with Crippen molar-refractivity contribution in [2.24, 2.45) is 0 Å². The highest BCUT2D eigenvalue weighted by Crippen LogP contribution is 2.35. The Balaban J connectivity index is 1.72. The number of pyridine rings is 2. The van der Waals surface area contributed by atoms with Crippen LogP contribution in [0.1, 0.15) is 20.8 Å². The van der Waals surface area contributed by atoms with Crippen molar-refractivity contribution in [3.05, 3.63) is 35.7 Å². The van der Waals surface area contributed by atoms with E-state index < -0.39 is 14.6 Å². The molecule has 4 rings (SSSR count). The summed E-state index contributed by atoms with van der Waals surface area (Å²) in [6.45, 7) is 10.1. The van der Waals surface area contributed by atoms with Crippen LogP contribution in [-0.4, -0.2) is 83.7 Å². The number of anilines is 1. The lowest BCUT2D eigenvalue weighted by Gasteiger charge is -2.32. The molecule has 0 aliphatic carbocycles. The fourth-order valence-corrected chi connectivity index (χ4v) is 5.37. The Morgan fingerprint density at radius 1 is 1.15 bits per heavy atom. The molecule has 0 radical (unpaired) electrons. The van der Waals surface area contributed by atoms with Crippen LogP contribution in [0.15, 0.2) is 35.5 Å². The van der Waals surface area contributed by atoms with E-state index in [1.165, 1.54) is 0 Å². The third-order valence-electron chi connectivity index (χ3n) is 6.04. The second-order valence-electron chi connectivity index (χ2n) is 9.59. The number of nitrogens with zero attached hydrogens (tertiary/aromatic N) is 5. The molecule has 2 N–H and O–H groups in total. The smallest absolute Gasteiger partial charge is 0.188 e. The van der Waals surface area contributed by atoms with Crippen molar-refractivity contribution in [3.63, 3.8) is 0 Å². The molecule has 1 saturated heterocycles. The number of halogens is 1. The third-order valence-corrected chi connectivity index (χ3v) is 8.73. The molecule has 184 valence electrons. The lowest BCUT2D eigenvalue weighted by Crippen LogP contribution is -2.45. The number of nitrogen functional groups attached to an aromatic ring is 1. The summed E-state index contributed by atoms with van der Waals surface area (Å²) in [4.78, 5) is 13.2. The Bertz CT molecular complexity index is 1270. The van der Waals surface area contributed by atoms with Gasteiger partial charge in [0.05, 0.1) is 16.6 Å². The zero-order valence-electron chi connectivity index (χ0n) is 20.0. The summed E-state index contributed by atoms with van der Waals surface area (Å²) in [5.41, 5.74) is 7.77. The molecule has 0 bridgehead atoms. The number of sulfone groups is 1. The summed E-state index contributed by atoms with van der Waals surface area (Å²) in [5.74, 6) is 0.574. The highest BCUT2D eigenvalue weighted by Gasteiger charge is 2.34. The van der Waals surface area contributed by atoms with Gasteiger partial charge >= 0.3 is 0 Å². The number of fused-ring (bicyclic) bond motifs is 1. The Morgan fingerprint density at radius 3 is 2.50 bits per heavy atom. The third kappa shape index (κ3) is 5.00. The van der Waals surface area contributed by atoms with Crippen LogP contribution in [0.4, 0.5) is 5.82 Å². The van der Waals surface area contributed by atoms with Crippen LogP contribution in [0.3, 0.4) is 0 Å². The van der Waals surface area contributed by atoms with E-state index in [-0.39, 0.29) is 15.9 Å². The minimum Gasteiger partial charge on any atom is -0.491 e. The molecule has 0 amide bonds. The van der Waals surface area contributed by atoms with Crippen molar-refractivity contribution in [3.8, 4) is 17.0 Å². The normalized spacial score (nSPS) is 16.3. The monoisotopic (exact) mass is 506 g/mol. The first kappa shape index (κ1) is 24.7. The molecule has 11 heteroatoms. The largest absolute Gasteiger partial charge is 0.491 e. The number of hydrogen-bond acceptors (Lipinski definition) is 8. The van der Waals surface area contributed by atoms with E-state index in [2.05, 4.69) is 26.8 Å². The molecule has 0 aromatic carbocycles. The lowest BCUT2D eigenvalue weighted by atomic mass is 10.2. The fourth-order valence-electron chi connectivity index (χ4n) is 3.87. The molecule has 1 aliphatic heterocycles. The number of likely N-dealkylation sites (N-methyl/N-ethyl adjacent to an activating group) is 1. The summed E-state index contributed by atoms with van der Waals surface area (Å²) in [5, 5.41) is 0.247. The Morgan fingerprint density at radius 2 is 1.85 bits per heavy atom. The van der Waals surface area contributed by atoms with Gasteiger partial charge in [0.25, 0.3) is 0 Å². The second kappa shape index (κ2) is 9.33. The second-order valence-corrected chi connectivity index (χ2v) is 12.6. The standard InChI is InChI=1S/C23H31ClN6O3S/c1-23(2,3)34(31,32)19-15-30-17(16-11-20(24)27-21(25)12-16)14-26-22(30)13-18(19)33-10-9-29-7-5-28(4)6-8-29/h11-15H,5-10H2,1-4H3,(H2,25,27). The van der Waals surface area contributed by atoms with Crippen molar-refractivity contribution in [1.82, 2.24) is 24.2 Å². The van der Waals surface area contributed by atoms with Gasteiger partial charge in [-0.05, 0) is 40.0 Å². The van der Waals surface area contributed by atoms with E-state index in [1.54, 1.807) is 55.8 Å². The summed E-state index contributed by atoms with van der Waals surface area (Å²) in [7, 11) is -1.60. The summed E-state index contributed by atoms with van der Waals surface area (Å²) < 4.78 is 33.8. The Hall–Kier alpha value is -2.40. The maximum Gasteiger partial charge on any atom is 0.188 e. The first-order chi connectivity index (χ1) is 16.0. The van der Waals surface area contributed by atoms with Crippen LogP contribution >= 0.6 is 11.6 Å². The van der Waals surface area contributed by atoms with E-state index in [0.717, 1.165) is 32.7 Å². The molecule has 3 aromatic heterocycles. The molecule has 0 spiro atoms. The van der Waals surface area contributed by atoms with Crippen LogP contribution in [0, 0.1) is 0 Å². The number of imidazole rings is 1. The summed E-state index contributed by atoms with van der Waals surface area (Å²) in [6.07, 6.45) is 3.23. The number of aromatic nitrogens is 3. The average Bonchev–Trinajstić information content (AvgIpc) is 3.16. The van der Waals surface area contributed by atoms with Gasteiger partial charge in [0, 0.05) is 50.6 Å². The van der Waals surface area contributed by atoms with E-state index in [1.807, 2.05) is 0 Å². The molecular formula is C23H31ClN6O3S. The van der Waals surface area contributed by atoms with Gasteiger partial charge in [-0.2, -0.15) is 0 Å².